The minimum Gasteiger partial charge on any atom is -0.506 e. The van der Waals surface area contributed by atoms with Gasteiger partial charge in [-0.2, -0.15) is 0 Å². The summed E-state index contributed by atoms with van der Waals surface area (Å²) in [4.78, 5) is 52.0. The Hall–Kier alpha value is -3.58. The Morgan fingerprint density at radius 2 is 1.74 bits per heavy atom. The molecule has 1 atom stereocenters. The van der Waals surface area contributed by atoms with E-state index in [1.807, 2.05) is 34.1 Å². The number of aryl methyl sites for hydroxylation is 1. The lowest BCUT2D eigenvalue weighted by Crippen LogP contribution is -2.58. The van der Waals surface area contributed by atoms with Gasteiger partial charge in [0.05, 0.1) is 5.02 Å². The number of carbonyl (C=O) groups is 3. The molecule has 0 aliphatic carbocycles. The van der Waals surface area contributed by atoms with Crippen LogP contribution in [0.5, 0.6) is 5.75 Å². The molecule has 2 aromatic carbocycles. The van der Waals surface area contributed by atoms with Gasteiger partial charge in [0.2, 0.25) is 5.91 Å². The first-order valence-corrected chi connectivity index (χ1v) is 17.1. The number of ether oxygens (including phenoxy) is 1. The van der Waals surface area contributed by atoms with Crippen molar-refractivity contribution in [1.82, 2.24) is 25.1 Å². The molecule has 4 aliphatic heterocycles. The molecular formula is C34H45ClN6O6. The number of anilines is 1. The van der Waals surface area contributed by atoms with E-state index < -0.39 is 12.1 Å². The van der Waals surface area contributed by atoms with Crippen molar-refractivity contribution in [3.8, 4) is 5.75 Å². The molecule has 0 radical (unpaired) electrons. The maximum absolute atomic E-state index is 13.9. The monoisotopic (exact) mass is 668 g/mol. The summed E-state index contributed by atoms with van der Waals surface area (Å²) in [6.07, 6.45) is 3.59. The quantitative estimate of drug-likeness (QED) is 0.407. The van der Waals surface area contributed by atoms with E-state index in [-0.39, 0.29) is 35.2 Å². The van der Waals surface area contributed by atoms with Gasteiger partial charge in [-0.05, 0) is 67.9 Å². The molecule has 6 rings (SSSR count). The van der Waals surface area contributed by atoms with Crippen LogP contribution in [0, 0.1) is 6.92 Å². The molecule has 0 bridgehead atoms. The number of nitrogens with zero attached hydrogens (tertiary/aromatic N) is 4. The number of aromatic hydroxyl groups is 1. The molecule has 254 valence electrons. The normalized spacial score (nSPS) is 21.0. The summed E-state index contributed by atoms with van der Waals surface area (Å²) >= 11 is 6.26. The fourth-order valence-electron chi connectivity index (χ4n) is 7.21. The first-order valence-electron chi connectivity index (χ1n) is 16.7. The summed E-state index contributed by atoms with van der Waals surface area (Å²) < 4.78 is 5.52. The van der Waals surface area contributed by atoms with E-state index in [0.29, 0.717) is 57.2 Å². The number of halogens is 1. The third-order valence-electron chi connectivity index (χ3n) is 9.90. The second kappa shape index (κ2) is 15.1. The number of phenolic OH excluding ortho intramolecular Hbond substituents is 1. The van der Waals surface area contributed by atoms with Crippen molar-refractivity contribution in [3.63, 3.8) is 0 Å². The fraction of sp³-hybridized carbons (Fsp3) is 0.559. The number of piperidine rings is 1. The Balaban J connectivity index is 1.05. The van der Waals surface area contributed by atoms with Gasteiger partial charge in [-0.15, -0.1) is 5.06 Å². The maximum Gasteiger partial charge on any atom is 0.426 e. The number of hydroxylamine groups is 2. The lowest BCUT2D eigenvalue weighted by atomic mass is 10.0. The van der Waals surface area contributed by atoms with Crippen LogP contribution in [0.4, 0.5) is 15.3 Å². The van der Waals surface area contributed by atoms with Crippen LogP contribution in [0.25, 0.3) is 0 Å². The number of phenols is 1. The molecule has 2 aromatic rings. The van der Waals surface area contributed by atoms with E-state index in [1.54, 1.807) is 24.1 Å². The third-order valence-corrected chi connectivity index (χ3v) is 10.2. The lowest BCUT2D eigenvalue weighted by Gasteiger charge is -2.41. The summed E-state index contributed by atoms with van der Waals surface area (Å²) in [7, 11) is 0. The first-order chi connectivity index (χ1) is 22.7. The molecule has 0 saturated carbocycles. The van der Waals surface area contributed by atoms with Crippen LogP contribution in [0.3, 0.4) is 0 Å². The van der Waals surface area contributed by atoms with E-state index in [9.17, 15) is 19.5 Å². The number of nitrogens with one attached hydrogen (secondary N) is 2. The molecule has 3 fully saturated rings. The fourth-order valence-corrected chi connectivity index (χ4v) is 7.50. The molecule has 4 aliphatic rings. The standard InChI is InChI=1S/C34H45ClN6O6/c1-23-20-24(21-28(35)31(23)42)22-30(32(43)39-16-14-38(15-17-39)26-9-18-46-19-10-26)37-34(45)47-40-11-7-27(8-12-40)41-13-6-25-4-2-3-5-29(25)36-33(41)44/h2-5,20-21,26-27,30,42H,6-19,22H2,1H3,(H,36,44)(H,37,45)/t30-/m1/s1. The molecule has 4 heterocycles. The summed E-state index contributed by atoms with van der Waals surface area (Å²) in [5.74, 6) is -0.178. The van der Waals surface area contributed by atoms with Crippen molar-refractivity contribution in [2.75, 3.05) is 64.3 Å². The summed E-state index contributed by atoms with van der Waals surface area (Å²) in [6, 6.07) is 10.8. The van der Waals surface area contributed by atoms with E-state index in [4.69, 9.17) is 21.2 Å². The highest BCUT2D eigenvalue weighted by Crippen LogP contribution is 2.29. The average molecular weight is 669 g/mol. The van der Waals surface area contributed by atoms with Crippen LogP contribution in [-0.4, -0.2) is 120 Å². The number of amides is 4. The van der Waals surface area contributed by atoms with Crippen molar-refractivity contribution in [2.24, 2.45) is 0 Å². The van der Waals surface area contributed by atoms with Gasteiger partial charge in [-0.1, -0.05) is 35.9 Å². The number of rotatable bonds is 7. The summed E-state index contributed by atoms with van der Waals surface area (Å²) in [6.45, 7) is 7.53. The molecule has 0 unspecified atom stereocenters. The van der Waals surface area contributed by atoms with Crippen LogP contribution in [-0.2, 0) is 27.2 Å². The topological polar surface area (TPSA) is 127 Å². The van der Waals surface area contributed by atoms with Crippen LogP contribution in [0.15, 0.2) is 36.4 Å². The molecule has 3 saturated heterocycles. The smallest absolute Gasteiger partial charge is 0.426 e. The molecular weight excluding hydrogens is 624 g/mol. The Bertz CT molecular complexity index is 1410. The largest absolute Gasteiger partial charge is 0.506 e. The number of urea groups is 1. The molecule has 3 N–H and O–H groups in total. The SMILES string of the molecule is Cc1cc(C[C@@H](NC(=O)ON2CCC(N3CCc4ccccc4NC3=O)CC2)C(=O)N2CCN(C3CCOCC3)CC2)cc(Cl)c1O. The summed E-state index contributed by atoms with van der Waals surface area (Å²) in [5, 5.41) is 17.8. The highest BCUT2D eigenvalue weighted by Gasteiger charge is 2.34. The predicted molar refractivity (Wildman–Crippen MR) is 177 cm³/mol. The number of fused-ring (bicyclic) bond motifs is 1. The molecule has 13 heteroatoms. The van der Waals surface area contributed by atoms with Crippen LogP contribution in [0.1, 0.15) is 42.4 Å². The Morgan fingerprint density at radius 1 is 1.02 bits per heavy atom. The van der Waals surface area contributed by atoms with Crippen molar-refractivity contribution < 1.29 is 29.1 Å². The van der Waals surface area contributed by atoms with Crippen LogP contribution < -0.4 is 10.6 Å². The molecule has 0 spiro atoms. The Kier molecular flexibility index (Phi) is 10.7. The van der Waals surface area contributed by atoms with Crippen LogP contribution >= 0.6 is 11.6 Å². The third kappa shape index (κ3) is 8.11. The zero-order chi connectivity index (χ0) is 32.9. The van der Waals surface area contributed by atoms with E-state index in [2.05, 4.69) is 15.5 Å². The van der Waals surface area contributed by atoms with E-state index in [1.165, 1.54) is 0 Å². The zero-order valence-corrected chi connectivity index (χ0v) is 27.7. The average Bonchev–Trinajstić information content (AvgIpc) is 3.25. The second-order valence-electron chi connectivity index (χ2n) is 12.9. The van der Waals surface area contributed by atoms with Gasteiger partial charge in [0.1, 0.15) is 11.8 Å². The number of benzene rings is 2. The first kappa shape index (κ1) is 33.3. The number of hydrogen-bond acceptors (Lipinski definition) is 8. The number of piperazine rings is 1. The van der Waals surface area contributed by atoms with Gasteiger partial charge < -0.3 is 35.1 Å². The summed E-state index contributed by atoms with van der Waals surface area (Å²) in [5.41, 5.74) is 3.29. The number of hydrogen-bond donors (Lipinski definition) is 3. The van der Waals surface area contributed by atoms with Crippen molar-refractivity contribution >= 4 is 35.3 Å². The zero-order valence-electron chi connectivity index (χ0n) is 27.0. The van der Waals surface area contributed by atoms with Crippen molar-refractivity contribution in [2.45, 2.75) is 63.6 Å². The van der Waals surface area contributed by atoms with Crippen LogP contribution in [0.2, 0.25) is 5.02 Å². The Labute approximate surface area is 280 Å². The molecule has 12 nitrogen and oxygen atoms in total. The van der Waals surface area contributed by atoms with Gasteiger partial charge in [-0.3, -0.25) is 9.69 Å². The second-order valence-corrected chi connectivity index (χ2v) is 13.3. The van der Waals surface area contributed by atoms with Crippen molar-refractivity contribution in [3.05, 3.63) is 58.1 Å². The molecule has 47 heavy (non-hydrogen) atoms. The van der Waals surface area contributed by atoms with Gasteiger partial charge in [-0.25, -0.2) is 9.59 Å². The minimum absolute atomic E-state index is 0.000458. The lowest BCUT2D eigenvalue weighted by molar-refractivity contribution is -0.138. The number of para-hydroxylation sites is 1. The molecule has 0 aromatic heterocycles. The van der Waals surface area contributed by atoms with Gasteiger partial charge >= 0.3 is 12.1 Å². The minimum atomic E-state index is -0.878. The predicted octanol–water partition coefficient (Wildman–Crippen LogP) is 3.78. The Morgan fingerprint density at radius 3 is 2.47 bits per heavy atom. The van der Waals surface area contributed by atoms with Crippen molar-refractivity contribution in [1.29, 1.82) is 0 Å². The van der Waals surface area contributed by atoms with Gasteiger partial charge in [0.25, 0.3) is 0 Å². The van der Waals surface area contributed by atoms with Gasteiger partial charge in [0, 0.05) is 83.2 Å². The number of carbonyl (C=O) groups excluding carboxylic acids is 3. The van der Waals surface area contributed by atoms with Gasteiger partial charge in [0.15, 0.2) is 0 Å². The van der Waals surface area contributed by atoms with E-state index in [0.717, 1.165) is 62.4 Å². The maximum atomic E-state index is 13.9. The highest BCUT2D eigenvalue weighted by molar-refractivity contribution is 6.32. The molecule has 4 amide bonds. The van der Waals surface area contributed by atoms with E-state index >= 15 is 0 Å². The highest BCUT2D eigenvalue weighted by atomic mass is 35.5.